The van der Waals surface area contributed by atoms with Crippen molar-refractivity contribution < 1.29 is 9.47 Å². The molecule has 1 aromatic rings. The molecule has 1 aromatic carbocycles. The van der Waals surface area contributed by atoms with Gasteiger partial charge in [-0.25, -0.2) is 0 Å². The van der Waals surface area contributed by atoms with Crippen LogP contribution in [0.15, 0.2) is 18.2 Å². The Morgan fingerprint density at radius 3 is 2.84 bits per heavy atom. The molecule has 3 N–H and O–H groups in total. The molecule has 1 aliphatic heterocycles. The number of methoxy groups -OCH3 is 1. The molecular weight excluding hydrogens is 264 g/mol. The molecule has 0 aromatic heterocycles. The van der Waals surface area contributed by atoms with Crippen molar-refractivity contribution >= 4 is 11.6 Å². The standard InChI is InChI=1S/C14H21ClN2O2/c1-18-14-3-2-11(15)9-12(14)13(17-16)8-10-4-6-19-7-5-10/h2-3,9-10,13,17H,4-8,16H2,1H3. The number of hydrazine groups is 1. The molecule has 1 fully saturated rings. The maximum absolute atomic E-state index is 6.07. The fraction of sp³-hybridized carbons (Fsp3) is 0.571. The minimum atomic E-state index is 0.0525. The maximum Gasteiger partial charge on any atom is 0.123 e. The monoisotopic (exact) mass is 284 g/mol. The third-order valence-corrected chi connectivity index (χ3v) is 3.91. The smallest absolute Gasteiger partial charge is 0.123 e. The topological polar surface area (TPSA) is 56.5 Å². The normalized spacial score (nSPS) is 18.3. The van der Waals surface area contributed by atoms with E-state index >= 15 is 0 Å². The van der Waals surface area contributed by atoms with E-state index in [9.17, 15) is 0 Å². The zero-order chi connectivity index (χ0) is 13.7. The van der Waals surface area contributed by atoms with Crippen molar-refractivity contribution in [1.82, 2.24) is 5.43 Å². The van der Waals surface area contributed by atoms with Gasteiger partial charge in [0.15, 0.2) is 0 Å². The first-order chi connectivity index (χ1) is 9.24. The molecule has 0 amide bonds. The van der Waals surface area contributed by atoms with Crippen LogP contribution in [0.4, 0.5) is 0 Å². The van der Waals surface area contributed by atoms with Gasteiger partial charge in [0.1, 0.15) is 5.75 Å². The molecular formula is C14H21ClN2O2. The van der Waals surface area contributed by atoms with E-state index < -0.39 is 0 Å². The Kier molecular flexibility index (Phi) is 5.45. The molecule has 106 valence electrons. The fourth-order valence-electron chi connectivity index (χ4n) is 2.58. The maximum atomic E-state index is 6.07. The highest BCUT2D eigenvalue weighted by atomic mass is 35.5. The molecule has 0 aliphatic carbocycles. The Morgan fingerprint density at radius 1 is 1.47 bits per heavy atom. The zero-order valence-corrected chi connectivity index (χ0v) is 12.0. The Hall–Kier alpha value is -0.810. The van der Waals surface area contributed by atoms with Crippen LogP contribution in [0.3, 0.4) is 0 Å². The average molecular weight is 285 g/mol. The Balaban J connectivity index is 2.13. The van der Waals surface area contributed by atoms with Crippen molar-refractivity contribution in [3.05, 3.63) is 28.8 Å². The van der Waals surface area contributed by atoms with Gasteiger partial charge in [-0.2, -0.15) is 0 Å². The summed E-state index contributed by atoms with van der Waals surface area (Å²) in [6, 6.07) is 5.68. The van der Waals surface area contributed by atoms with E-state index in [1.165, 1.54) is 0 Å². The van der Waals surface area contributed by atoms with Crippen LogP contribution in [0.2, 0.25) is 5.02 Å². The predicted octanol–water partition coefficient (Wildman–Crippen LogP) is 2.67. The second kappa shape index (κ2) is 7.10. The van der Waals surface area contributed by atoms with Crippen LogP contribution < -0.4 is 16.0 Å². The van der Waals surface area contributed by atoms with Crippen molar-refractivity contribution in [1.29, 1.82) is 0 Å². The molecule has 19 heavy (non-hydrogen) atoms. The van der Waals surface area contributed by atoms with Gasteiger partial charge in [0.25, 0.3) is 0 Å². The van der Waals surface area contributed by atoms with E-state index in [4.69, 9.17) is 26.9 Å². The van der Waals surface area contributed by atoms with Crippen LogP contribution in [0, 0.1) is 5.92 Å². The SMILES string of the molecule is COc1ccc(Cl)cc1C(CC1CCOCC1)NN. The number of halogens is 1. The van der Waals surface area contributed by atoms with Crippen LogP contribution in [0.25, 0.3) is 0 Å². The van der Waals surface area contributed by atoms with Crippen molar-refractivity contribution in [2.45, 2.75) is 25.3 Å². The summed E-state index contributed by atoms with van der Waals surface area (Å²) in [5.41, 5.74) is 3.91. The molecule has 2 rings (SSSR count). The number of benzene rings is 1. The van der Waals surface area contributed by atoms with Gasteiger partial charge in [0.05, 0.1) is 7.11 Å². The molecule has 1 saturated heterocycles. The molecule has 1 aliphatic rings. The van der Waals surface area contributed by atoms with Crippen molar-refractivity contribution in [3.8, 4) is 5.75 Å². The lowest BCUT2D eigenvalue weighted by Gasteiger charge is -2.27. The van der Waals surface area contributed by atoms with E-state index in [-0.39, 0.29) is 6.04 Å². The molecule has 1 heterocycles. The largest absolute Gasteiger partial charge is 0.496 e. The fourth-order valence-corrected chi connectivity index (χ4v) is 2.76. The van der Waals surface area contributed by atoms with Crippen molar-refractivity contribution in [3.63, 3.8) is 0 Å². The molecule has 4 nitrogen and oxygen atoms in total. The summed E-state index contributed by atoms with van der Waals surface area (Å²) in [6.07, 6.45) is 3.14. The van der Waals surface area contributed by atoms with Gasteiger partial charge in [-0.05, 0) is 43.4 Å². The first-order valence-corrected chi connectivity index (χ1v) is 6.99. The van der Waals surface area contributed by atoms with Crippen LogP contribution in [-0.2, 0) is 4.74 Å². The first-order valence-electron chi connectivity index (χ1n) is 6.62. The van der Waals surface area contributed by atoms with E-state index in [1.54, 1.807) is 7.11 Å². The third kappa shape index (κ3) is 3.83. The highest BCUT2D eigenvalue weighted by Gasteiger charge is 2.22. The summed E-state index contributed by atoms with van der Waals surface area (Å²) in [4.78, 5) is 0. The molecule has 0 saturated carbocycles. The zero-order valence-electron chi connectivity index (χ0n) is 11.2. The molecule has 5 heteroatoms. The van der Waals surface area contributed by atoms with Gasteiger partial charge in [0, 0.05) is 29.8 Å². The minimum Gasteiger partial charge on any atom is -0.496 e. The van der Waals surface area contributed by atoms with Gasteiger partial charge in [-0.3, -0.25) is 11.3 Å². The van der Waals surface area contributed by atoms with Crippen LogP contribution in [0.1, 0.15) is 30.9 Å². The van der Waals surface area contributed by atoms with Gasteiger partial charge < -0.3 is 9.47 Å². The lowest BCUT2D eigenvalue weighted by molar-refractivity contribution is 0.0604. The second-order valence-electron chi connectivity index (χ2n) is 4.90. The van der Waals surface area contributed by atoms with Crippen LogP contribution in [-0.4, -0.2) is 20.3 Å². The summed E-state index contributed by atoms with van der Waals surface area (Å²) in [7, 11) is 1.66. The van der Waals surface area contributed by atoms with E-state index in [0.717, 1.165) is 43.8 Å². The van der Waals surface area contributed by atoms with Gasteiger partial charge in [0.2, 0.25) is 0 Å². The minimum absolute atomic E-state index is 0.0525. The second-order valence-corrected chi connectivity index (χ2v) is 5.33. The van der Waals surface area contributed by atoms with Crippen LogP contribution in [0.5, 0.6) is 5.75 Å². The Morgan fingerprint density at radius 2 is 2.21 bits per heavy atom. The summed E-state index contributed by atoms with van der Waals surface area (Å²) < 4.78 is 10.8. The highest BCUT2D eigenvalue weighted by molar-refractivity contribution is 6.30. The Labute approximate surface area is 119 Å². The third-order valence-electron chi connectivity index (χ3n) is 3.68. The summed E-state index contributed by atoms with van der Waals surface area (Å²) in [5, 5.41) is 0.697. The van der Waals surface area contributed by atoms with Gasteiger partial charge >= 0.3 is 0 Å². The van der Waals surface area contributed by atoms with E-state index in [2.05, 4.69) is 5.43 Å². The quantitative estimate of drug-likeness (QED) is 0.645. The van der Waals surface area contributed by atoms with E-state index in [0.29, 0.717) is 10.9 Å². The summed E-state index contributed by atoms with van der Waals surface area (Å²) in [5.74, 6) is 7.16. The number of hydrogen-bond donors (Lipinski definition) is 2. The van der Waals surface area contributed by atoms with Gasteiger partial charge in [-0.1, -0.05) is 11.6 Å². The van der Waals surface area contributed by atoms with Crippen molar-refractivity contribution in [2.75, 3.05) is 20.3 Å². The lowest BCUT2D eigenvalue weighted by atomic mass is 9.89. The molecule has 0 spiro atoms. The number of hydrogen-bond acceptors (Lipinski definition) is 4. The number of nitrogens with one attached hydrogen (secondary N) is 1. The first kappa shape index (κ1) is 14.6. The summed E-state index contributed by atoms with van der Waals surface area (Å²) in [6.45, 7) is 1.68. The number of nitrogens with two attached hydrogens (primary N) is 1. The predicted molar refractivity (Wildman–Crippen MR) is 76.2 cm³/mol. The molecule has 0 bridgehead atoms. The van der Waals surface area contributed by atoms with Crippen molar-refractivity contribution in [2.24, 2.45) is 11.8 Å². The number of ether oxygens (including phenoxy) is 2. The van der Waals surface area contributed by atoms with Gasteiger partial charge in [-0.15, -0.1) is 0 Å². The molecule has 1 unspecified atom stereocenters. The number of rotatable bonds is 5. The van der Waals surface area contributed by atoms with E-state index in [1.807, 2.05) is 18.2 Å². The average Bonchev–Trinajstić information content (AvgIpc) is 2.46. The lowest BCUT2D eigenvalue weighted by Crippen LogP contribution is -2.31. The highest BCUT2D eigenvalue weighted by Crippen LogP contribution is 2.33. The summed E-state index contributed by atoms with van der Waals surface area (Å²) >= 11 is 6.07. The van der Waals surface area contributed by atoms with Crippen LogP contribution >= 0.6 is 11.6 Å². The molecule has 1 atom stereocenters. The Bertz CT molecular complexity index is 408. The molecule has 0 radical (unpaired) electrons.